The predicted octanol–water partition coefficient (Wildman–Crippen LogP) is 1.54. The molecule has 0 saturated carbocycles. The van der Waals surface area contributed by atoms with Crippen molar-refractivity contribution in [3.05, 3.63) is 0 Å². The second-order valence-electron chi connectivity index (χ2n) is 4.27. The number of hydrogen-bond acceptors (Lipinski definition) is 1. The van der Waals surface area contributed by atoms with Crippen molar-refractivity contribution >= 4 is 5.96 Å². The molecule has 0 unspecified atom stereocenters. The fourth-order valence-corrected chi connectivity index (χ4v) is 1.28. The zero-order chi connectivity index (χ0) is 10.4. The molecule has 0 rings (SSSR count). The molecule has 0 radical (unpaired) electrons. The first kappa shape index (κ1) is 12.3. The molecule has 0 aliphatic rings. The molecule has 0 bridgehead atoms. The summed E-state index contributed by atoms with van der Waals surface area (Å²) in [6.45, 7) is 10.7. The van der Waals surface area contributed by atoms with E-state index in [-0.39, 0.29) is 0 Å². The van der Waals surface area contributed by atoms with E-state index < -0.39 is 0 Å². The van der Waals surface area contributed by atoms with Crippen molar-refractivity contribution in [2.24, 2.45) is 22.6 Å². The maximum Gasteiger partial charge on any atom is 0.190 e. The van der Waals surface area contributed by atoms with Gasteiger partial charge in [0.1, 0.15) is 0 Å². The van der Waals surface area contributed by atoms with Gasteiger partial charge >= 0.3 is 0 Å². The third kappa shape index (κ3) is 5.50. The van der Waals surface area contributed by atoms with E-state index in [2.05, 4.69) is 37.6 Å². The van der Waals surface area contributed by atoms with Crippen molar-refractivity contribution < 1.29 is 0 Å². The van der Waals surface area contributed by atoms with Crippen LogP contribution in [-0.4, -0.2) is 31.0 Å². The first-order valence-electron chi connectivity index (χ1n) is 4.94. The van der Waals surface area contributed by atoms with Crippen molar-refractivity contribution in [1.82, 2.24) is 4.90 Å². The summed E-state index contributed by atoms with van der Waals surface area (Å²) in [5, 5.41) is 0. The lowest BCUT2D eigenvalue weighted by molar-refractivity contribution is 0.324. The molecule has 0 aromatic carbocycles. The minimum Gasteiger partial charge on any atom is -0.370 e. The van der Waals surface area contributed by atoms with Crippen LogP contribution < -0.4 is 5.73 Å². The van der Waals surface area contributed by atoms with Gasteiger partial charge in [0.25, 0.3) is 0 Å². The highest BCUT2D eigenvalue weighted by molar-refractivity contribution is 5.77. The van der Waals surface area contributed by atoms with Gasteiger partial charge in [-0.1, -0.05) is 27.7 Å². The predicted molar refractivity (Wildman–Crippen MR) is 58.8 cm³/mol. The smallest absolute Gasteiger partial charge is 0.190 e. The van der Waals surface area contributed by atoms with E-state index in [1.165, 1.54) is 0 Å². The molecule has 3 heteroatoms. The van der Waals surface area contributed by atoms with Crippen LogP contribution in [0, 0.1) is 11.8 Å². The molecule has 0 aliphatic carbocycles. The van der Waals surface area contributed by atoms with E-state index in [1.54, 1.807) is 7.05 Å². The number of nitrogens with zero attached hydrogens (tertiary/aromatic N) is 2. The maximum atomic E-state index is 5.79. The van der Waals surface area contributed by atoms with Crippen LogP contribution >= 0.6 is 0 Å². The zero-order valence-electron chi connectivity index (χ0n) is 9.54. The van der Waals surface area contributed by atoms with E-state index in [9.17, 15) is 0 Å². The van der Waals surface area contributed by atoms with Gasteiger partial charge in [-0.3, -0.25) is 4.99 Å². The molecule has 0 aliphatic heterocycles. The summed E-state index contributed by atoms with van der Waals surface area (Å²) in [5.74, 6) is 1.90. The monoisotopic (exact) mass is 185 g/mol. The lowest BCUT2D eigenvalue weighted by atomic mass is 10.1. The average molecular weight is 185 g/mol. The van der Waals surface area contributed by atoms with Crippen molar-refractivity contribution in [2.75, 3.05) is 20.1 Å². The summed E-state index contributed by atoms with van der Waals surface area (Å²) < 4.78 is 0. The van der Waals surface area contributed by atoms with Crippen molar-refractivity contribution in [1.29, 1.82) is 0 Å². The highest BCUT2D eigenvalue weighted by atomic mass is 15.2. The molecule has 13 heavy (non-hydrogen) atoms. The van der Waals surface area contributed by atoms with Gasteiger partial charge in [0.15, 0.2) is 5.96 Å². The summed E-state index contributed by atoms with van der Waals surface area (Å²) in [7, 11) is 1.74. The van der Waals surface area contributed by atoms with Gasteiger partial charge < -0.3 is 10.6 Å². The molecule has 0 saturated heterocycles. The first-order chi connectivity index (χ1) is 5.97. The zero-order valence-corrected chi connectivity index (χ0v) is 9.54. The van der Waals surface area contributed by atoms with Gasteiger partial charge in [0.2, 0.25) is 0 Å². The first-order valence-corrected chi connectivity index (χ1v) is 4.94. The molecule has 0 fully saturated rings. The summed E-state index contributed by atoms with van der Waals surface area (Å²) in [6, 6.07) is 0. The Morgan fingerprint density at radius 3 is 1.77 bits per heavy atom. The van der Waals surface area contributed by atoms with Crippen LogP contribution in [0.1, 0.15) is 27.7 Å². The molecule has 0 amide bonds. The van der Waals surface area contributed by atoms with Gasteiger partial charge in [0.05, 0.1) is 0 Å². The quantitative estimate of drug-likeness (QED) is 0.533. The number of nitrogens with two attached hydrogens (primary N) is 1. The summed E-state index contributed by atoms with van der Waals surface area (Å²) >= 11 is 0. The average Bonchev–Trinajstić information content (AvgIpc) is 2.00. The molecule has 0 atom stereocenters. The van der Waals surface area contributed by atoms with Gasteiger partial charge in [-0.2, -0.15) is 0 Å². The van der Waals surface area contributed by atoms with Crippen LogP contribution in [0.4, 0.5) is 0 Å². The highest BCUT2D eigenvalue weighted by Gasteiger charge is 2.10. The fraction of sp³-hybridized carbons (Fsp3) is 0.900. The molecule has 0 heterocycles. The van der Waals surface area contributed by atoms with Crippen molar-refractivity contribution in [2.45, 2.75) is 27.7 Å². The van der Waals surface area contributed by atoms with E-state index >= 15 is 0 Å². The van der Waals surface area contributed by atoms with Crippen LogP contribution in [0.2, 0.25) is 0 Å². The SMILES string of the molecule is CN=C(N)N(CC(C)C)CC(C)C. The second-order valence-corrected chi connectivity index (χ2v) is 4.27. The molecule has 0 spiro atoms. The molecule has 78 valence electrons. The normalized spacial score (nSPS) is 12.7. The van der Waals surface area contributed by atoms with Gasteiger partial charge in [0, 0.05) is 20.1 Å². The standard InChI is InChI=1S/C10H23N3/c1-8(2)6-13(7-9(3)4)10(11)12-5/h8-9H,6-7H2,1-5H3,(H2,11,12). The van der Waals surface area contributed by atoms with Gasteiger partial charge in [-0.25, -0.2) is 0 Å². The van der Waals surface area contributed by atoms with E-state index in [4.69, 9.17) is 5.73 Å². The molecule has 0 aromatic heterocycles. The Kier molecular flexibility index (Phi) is 5.51. The van der Waals surface area contributed by atoms with E-state index in [1.807, 2.05) is 0 Å². The fourth-order valence-electron chi connectivity index (χ4n) is 1.28. The molecular formula is C10H23N3. The number of aliphatic imine (C=N–C) groups is 1. The Labute approximate surface area is 82.0 Å². The topological polar surface area (TPSA) is 41.6 Å². The third-order valence-corrected chi connectivity index (χ3v) is 1.72. The number of rotatable bonds is 4. The van der Waals surface area contributed by atoms with Crippen LogP contribution in [0.3, 0.4) is 0 Å². The van der Waals surface area contributed by atoms with Crippen LogP contribution in [0.15, 0.2) is 4.99 Å². The Hall–Kier alpha value is -0.730. The lowest BCUT2D eigenvalue weighted by Gasteiger charge is -2.26. The third-order valence-electron chi connectivity index (χ3n) is 1.72. The largest absolute Gasteiger partial charge is 0.370 e. The van der Waals surface area contributed by atoms with Gasteiger partial charge in [-0.15, -0.1) is 0 Å². The molecular weight excluding hydrogens is 162 g/mol. The Balaban J connectivity index is 4.19. The Morgan fingerprint density at radius 2 is 1.54 bits per heavy atom. The summed E-state index contributed by atoms with van der Waals surface area (Å²) in [6.07, 6.45) is 0. The number of hydrogen-bond donors (Lipinski definition) is 1. The second kappa shape index (κ2) is 5.84. The molecule has 0 aromatic rings. The van der Waals surface area contributed by atoms with E-state index in [0.717, 1.165) is 13.1 Å². The molecule has 3 nitrogen and oxygen atoms in total. The van der Waals surface area contributed by atoms with E-state index in [0.29, 0.717) is 17.8 Å². The lowest BCUT2D eigenvalue weighted by Crippen LogP contribution is -2.41. The van der Waals surface area contributed by atoms with Crippen molar-refractivity contribution in [3.63, 3.8) is 0 Å². The van der Waals surface area contributed by atoms with Gasteiger partial charge in [-0.05, 0) is 11.8 Å². The van der Waals surface area contributed by atoms with Crippen molar-refractivity contribution in [3.8, 4) is 0 Å². The summed E-state index contributed by atoms with van der Waals surface area (Å²) in [4.78, 5) is 6.16. The Morgan fingerprint density at radius 1 is 1.15 bits per heavy atom. The van der Waals surface area contributed by atoms with Crippen LogP contribution in [-0.2, 0) is 0 Å². The Bertz CT molecular complexity index is 152. The molecule has 2 N–H and O–H groups in total. The minimum atomic E-state index is 0.624. The van der Waals surface area contributed by atoms with Crippen LogP contribution in [0.25, 0.3) is 0 Å². The number of guanidine groups is 1. The maximum absolute atomic E-state index is 5.79. The minimum absolute atomic E-state index is 0.624. The summed E-state index contributed by atoms with van der Waals surface area (Å²) in [5.41, 5.74) is 5.79. The highest BCUT2D eigenvalue weighted by Crippen LogP contribution is 2.02. The van der Waals surface area contributed by atoms with Crippen LogP contribution in [0.5, 0.6) is 0 Å².